The van der Waals surface area contributed by atoms with Gasteiger partial charge in [-0.2, -0.15) is 0 Å². The van der Waals surface area contributed by atoms with E-state index >= 15 is 0 Å². The summed E-state index contributed by atoms with van der Waals surface area (Å²) in [5.41, 5.74) is 5.14. The van der Waals surface area contributed by atoms with Crippen molar-refractivity contribution in [1.29, 1.82) is 0 Å². The minimum Gasteiger partial charge on any atom is -0.376 e. The third-order valence-corrected chi connectivity index (χ3v) is 2.16. The molecule has 0 aliphatic carbocycles. The zero-order valence-corrected chi connectivity index (χ0v) is 8.13. The highest BCUT2D eigenvalue weighted by Crippen LogP contribution is 1.88. The van der Waals surface area contributed by atoms with Crippen LogP contribution in [0.5, 0.6) is 0 Å². The maximum absolute atomic E-state index is 10.7. The van der Waals surface area contributed by atoms with Gasteiger partial charge < -0.3 is 11.1 Å². The van der Waals surface area contributed by atoms with Crippen molar-refractivity contribution in [3.05, 3.63) is 0 Å². The van der Waals surface area contributed by atoms with E-state index in [1.165, 1.54) is 6.26 Å². The monoisotopic (exact) mass is 196 g/mol. The smallest absolute Gasteiger partial charge is 0.163 e. The number of thiocarbonyl (C=S) groups is 1. The highest BCUT2D eigenvalue weighted by atomic mass is 32.2. The molecule has 6 heteroatoms. The van der Waals surface area contributed by atoms with E-state index in [1.54, 1.807) is 6.92 Å². The van der Waals surface area contributed by atoms with Crippen LogP contribution < -0.4 is 11.1 Å². The van der Waals surface area contributed by atoms with E-state index in [0.717, 1.165) is 0 Å². The molecule has 0 aromatic carbocycles. The Kier molecular flexibility index (Phi) is 3.74. The fraction of sp³-hybridized carbons (Fsp3) is 0.800. The van der Waals surface area contributed by atoms with E-state index in [2.05, 4.69) is 17.5 Å². The average Bonchev–Trinajstić information content (AvgIpc) is 1.53. The molecule has 1 atom stereocenters. The fourth-order valence-electron chi connectivity index (χ4n) is 0.739. The molecule has 3 N–H and O–H groups in total. The Morgan fingerprint density at radius 3 is 2.45 bits per heavy atom. The summed E-state index contributed by atoms with van der Waals surface area (Å²) in [4.78, 5) is 0. The van der Waals surface area contributed by atoms with E-state index in [-0.39, 0.29) is 16.9 Å². The van der Waals surface area contributed by atoms with Crippen molar-refractivity contribution >= 4 is 27.2 Å². The Labute approximate surface area is 72.1 Å². The molecule has 4 nitrogen and oxygen atoms in total. The van der Waals surface area contributed by atoms with E-state index in [4.69, 9.17) is 5.73 Å². The maximum atomic E-state index is 10.7. The van der Waals surface area contributed by atoms with Crippen molar-refractivity contribution in [2.75, 3.05) is 12.0 Å². The van der Waals surface area contributed by atoms with Gasteiger partial charge in [0.05, 0.1) is 5.75 Å². The second-order valence-electron chi connectivity index (χ2n) is 2.50. The Hall–Kier alpha value is -0.360. The highest BCUT2D eigenvalue weighted by Gasteiger charge is 2.09. The summed E-state index contributed by atoms with van der Waals surface area (Å²) in [6.45, 7) is 1.71. The average molecular weight is 196 g/mol. The number of rotatable bonds is 3. The first kappa shape index (κ1) is 10.6. The van der Waals surface area contributed by atoms with Crippen LogP contribution in [-0.4, -0.2) is 31.6 Å². The summed E-state index contributed by atoms with van der Waals surface area (Å²) < 4.78 is 21.4. The lowest BCUT2D eigenvalue weighted by atomic mass is 10.4. The molecule has 0 saturated carbocycles. The summed E-state index contributed by atoms with van der Waals surface area (Å²) in [5.74, 6) is 0.0460. The first-order valence-electron chi connectivity index (χ1n) is 3.05. The van der Waals surface area contributed by atoms with Gasteiger partial charge in [-0.05, 0) is 19.1 Å². The van der Waals surface area contributed by atoms with Gasteiger partial charge in [0.25, 0.3) is 0 Å². The van der Waals surface area contributed by atoms with Crippen molar-refractivity contribution < 1.29 is 8.42 Å². The van der Waals surface area contributed by atoms with E-state index < -0.39 is 9.84 Å². The summed E-state index contributed by atoms with van der Waals surface area (Å²) >= 11 is 4.53. The third-order valence-electron chi connectivity index (χ3n) is 0.941. The van der Waals surface area contributed by atoms with Crippen LogP contribution in [0.15, 0.2) is 0 Å². The minimum absolute atomic E-state index is 0.0460. The van der Waals surface area contributed by atoms with Crippen LogP contribution >= 0.6 is 12.2 Å². The molecule has 0 amide bonds. The van der Waals surface area contributed by atoms with Crippen LogP contribution in [0.3, 0.4) is 0 Å². The molecule has 0 radical (unpaired) electrons. The van der Waals surface area contributed by atoms with Gasteiger partial charge in [-0.3, -0.25) is 0 Å². The van der Waals surface area contributed by atoms with Crippen LogP contribution in [0.25, 0.3) is 0 Å². The largest absolute Gasteiger partial charge is 0.376 e. The van der Waals surface area contributed by atoms with Crippen molar-refractivity contribution in [1.82, 2.24) is 5.32 Å². The second kappa shape index (κ2) is 3.87. The zero-order chi connectivity index (χ0) is 9.07. The molecule has 0 aromatic rings. The molecule has 1 unspecified atom stereocenters. The maximum Gasteiger partial charge on any atom is 0.163 e. The molecule has 0 fully saturated rings. The van der Waals surface area contributed by atoms with Gasteiger partial charge in [-0.1, -0.05) is 0 Å². The molecule has 0 aliphatic rings. The van der Waals surface area contributed by atoms with Gasteiger partial charge in [-0.25, -0.2) is 8.42 Å². The van der Waals surface area contributed by atoms with E-state index in [1.807, 2.05) is 0 Å². The van der Waals surface area contributed by atoms with Crippen LogP contribution in [-0.2, 0) is 9.84 Å². The lowest BCUT2D eigenvalue weighted by Gasteiger charge is -2.11. The van der Waals surface area contributed by atoms with Crippen LogP contribution in [0, 0.1) is 0 Å². The van der Waals surface area contributed by atoms with Gasteiger partial charge in [-0.15, -0.1) is 0 Å². The standard InChI is InChI=1S/C5H12N2O2S2/c1-4(7-5(6)10)3-11(2,8)9/h4H,3H2,1-2H3,(H3,6,7,10). The molecule has 0 heterocycles. The molecular formula is C5H12N2O2S2. The molecule has 0 saturated heterocycles. The van der Waals surface area contributed by atoms with Crippen molar-refractivity contribution in [3.63, 3.8) is 0 Å². The summed E-state index contributed by atoms with van der Waals surface area (Å²) in [7, 11) is -2.95. The SMILES string of the molecule is CC(CS(C)(=O)=O)NC(N)=S. The van der Waals surface area contributed by atoms with Crippen LogP contribution in [0.2, 0.25) is 0 Å². The van der Waals surface area contributed by atoms with E-state index in [9.17, 15) is 8.42 Å². The number of hydrogen-bond donors (Lipinski definition) is 2. The third kappa shape index (κ3) is 7.54. The molecule has 11 heavy (non-hydrogen) atoms. The minimum atomic E-state index is -2.95. The van der Waals surface area contributed by atoms with Crippen molar-refractivity contribution in [2.24, 2.45) is 5.73 Å². The predicted octanol–water partition coefficient (Wildman–Crippen LogP) is -0.747. The van der Waals surface area contributed by atoms with Crippen molar-refractivity contribution in [3.8, 4) is 0 Å². The normalized spacial score (nSPS) is 14.0. The summed E-state index contributed by atoms with van der Waals surface area (Å²) in [6.07, 6.45) is 1.17. The highest BCUT2D eigenvalue weighted by molar-refractivity contribution is 7.90. The molecule has 0 rings (SSSR count). The van der Waals surface area contributed by atoms with Gasteiger partial charge >= 0.3 is 0 Å². The number of hydrogen-bond acceptors (Lipinski definition) is 3. The zero-order valence-electron chi connectivity index (χ0n) is 6.49. The van der Waals surface area contributed by atoms with E-state index in [0.29, 0.717) is 0 Å². The molecule has 0 bridgehead atoms. The Balaban J connectivity index is 3.89. The van der Waals surface area contributed by atoms with Gasteiger partial charge in [0.2, 0.25) is 0 Å². The Morgan fingerprint density at radius 2 is 2.18 bits per heavy atom. The topological polar surface area (TPSA) is 72.2 Å². The molecular weight excluding hydrogens is 184 g/mol. The van der Waals surface area contributed by atoms with Crippen LogP contribution in [0.1, 0.15) is 6.92 Å². The second-order valence-corrected chi connectivity index (χ2v) is 5.13. The van der Waals surface area contributed by atoms with Crippen LogP contribution in [0.4, 0.5) is 0 Å². The van der Waals surface area contributed by atoms with Crippen molar-refractivity contribution in [2.45, 2.75) is 13.0 Å². The van der Waals surface area contributed by atoms with Gasteiger partial charge in [0.15, 0.2) is 5.11 Å². The molecule has 66 valence electrons. The molecule has 0 aliphatic heterocycles. The van der Waals surface area contributed by atoms with Gasteiger partial charge in [0.1, 0.15) is 9.84 Å². The number of nitrogens with two attached hydrogens (primary N) is 1. The number of nitrogens with one attached hydrogen (secondary N) is 1. The Bertz CT molecular complexity index is 235. The molecule has 0 aromatic heterocycles. The lowest BCUT2D eigenvalue weighted by Crippen LogP contribution is -2.40. The first-order valence-corrected chi connectivity index (χ1v) is 5.52. The Morgan fingerprint density at radius 1 is 1.73 bits per heavy atom. The molecule has 0 spiro atoms. The van der Waals surface area contributed by atoms with Gasteiger partial charge in [0, 0.05) is 12.3 Å². The summed E-state index contributed by atoms with van der Waals surface area (Å²) in [6, 6.07) is -0.220. The quantitative estimate of drug-likeness (QED) is 0.581. The number of sulfone groups is 1. The fourth-order valence-corrected chi connectivity index (χ4v) is 1.93. The summed E-state index contributed by atoms with van der Waals surface area (Å²) in [5, 5.41) is 2.76. The first-order chi connectivity index (χ1) is 4.81. The predicted molar refractivity (Wildman–Crippen MR) is 49.1 cm³/mol. The lowest BCUT2D eigenvalue weighted by molar-refractivity contribution is 0.591.